The summed E-state index contributed by atoms with van der Waals surface area (Å²) in [6.07, 6.45) is 4.26. The minimum Gasteiger partial charge on any atom is -0.457 e. The van der Waals surface area contributed by atoms with Gasteiger partial charge in [0.2, 0.25) is 0 Å². The Labute approximate surface area is 423 Å². The molecule has 0 atom stereocenters. The molecule has 10 aromatic rings. The summed E-state index contributed by atoms with van der Waals surface area (Å²) in [4.78, 5) is 12.0. The maximum absolute atomic E-state index is 7.16. The maximum atomic E-state index is 7.16. The molecule has 0 saturated carbocycles. The molecule has 2 heterocycles. The van der Waals surface area contributed by atoms with Crippen molar-refractivity contribution in [1.82, 2.24) is 0 Å². The molecule has 0 fully saturated rings. The van der Waals surface area contributed by atoms with E-state index in [1.54, 1.807) is 0 Å². The Morgan fingerprint density at radius 1 is 0.278 bits per heavy atom. The number of para-hydroxylation sites is 7. The minimum atomic E-state index is 0.734. The highest BCUT2D eigenvalue weighted by Crippen LogP contribution is 2.47. The van der Waals surface area contributed by atoms with Gasteiger partial charge in [0.15, 0.2) is 0 Å². The van der Waals surface area contributed by atoms with Crippen LogP contribution in [0.3, 0.4) is 0 Å². The summed E-state index contributed by atoms with van der Waals surface area (Å²) in [5.74, 6) is 1.48. The van der Waals surface area contributed by atoms with Crippen LogP contribution in [-0.2, 0) is 12.8 Å². The number of aryl methyl sites for hydroxylation is 2. The number of nitrogens with zero attached hydrogens (tertiary/aromatic N) is 5. The highest BCUT2D eigenvalue weighted by Gasteiger charge is 2.25. The molecule has 10 aromatic carbocycles. The standard InChI is InChI=1S/C66H55N5O/c1-6-27-52(28-7-1)69(53-29-8-2-9-30-53)60-43-58(67-41-21-25-50-23-16-18-39-65(50)67)44-61(46-60)71(56-35-14-5-15-36-56)57-37-20-38-63(47-57)72-64-48-59(68-42-22-26-51-24-17-19-40-66(51)68)45-62(49-64)70(54-31-10-3-11-32-54)55-33-12-4-13-34-55/h1-20,23-24,27-40,43-49H,21-22,25-26,41-42H2. The second-order valence-corrected chi connectivity index (χ2v) is 18.4. The monoisotopic (exact) mass is 933 g/mol. The first-order valence-corrected chi connectivity index (χ1v) is 25.1. The van der Waals surface area contributed by atoms with Crippen molar-refractivity contribution in [2.45, 2.75) is 25.7 Å². The van der Waals surface area contributed by atoms with Gasteiger partial charge >= 0.3 is 0 Å². The molecule has 0 bridgehead atoms. The number of hydrogen-bond donors (Lipinski definition) is 0. The van der Waals surface area contributed by atoms with E-state index in [-0.39, 0.29) is 0 Å². The van der Waals surface area contributed by atoms with Crippen LogP contribution in [-0.4, -0.2) is 13.1 Å². The molecule has 72 heavy (non-hydrogen) atoms. The molecular formula is C66H55N5O. The number of fused-ring (bicyclic) bond motifs is 2. The number of ether oxygens (including phenoxy) is 1. The molecule has 0 spiro atoms. The quantitative estimate of drug-likeness (QED) is 0.114. The minimum absolute atomic E-state index is 0.734. The zero-order valence-corrected chi connectivity index (χ0v) is 40.2. The van der Waals surface area contributed by atoms with Crippen molar-refractivity contribution in [2.24, 2.45) is 0 Å². The first-order valence-electron chi connectivity index (χ1n) is 25.1. The third kappa shape index (κ3) is 9.14. The summed E-state index contributed by atoms with van der Waals surface area (Å²) >= 11 is 0. The van der Waals surface area contributed by atoms with Gasteiger partial charge in [-0.3, -0.25) is 0 Å². The predicted molar refractivity (Wildman–Crippen MR) is 301 cm³/mol. The molecular weight excluding hydrogens is 879 g/mol. The Kier molecular flexibility index (Phi) is 12.4. The molecule has 0 aliphatic carbocycles. The van der Waals surface area contributed by atoms with Gasteiger partial charge in [0.1, 0.15) is 11.5 Å². The summed E-state index contributed by atoms with van der Waals surface area (Å²) in [5.41, 5.74) is 16.9. The topological polar surface area (TPSA) is 25.4 Å². The summed E-state index contributed by atoms with van der Waals surface area (Å²) < 4.78 is 7.16. The fourth-order valence-electron chi connectivity index (χ4n) is 10.6. The lowest BCUT2D eigenvalue weighted by Crippen LogP contribution is -2.25. The smallest absolute Gasteiger partial charge is 0.131 e. The molecule has 6 nitrogen and oxygen atoms in total. The van der Waals surface area contributed by atoms with Crippen LogP contribution in [0.15, 0.2) is 261 Å². The lowest BCUT2D eigenvalue weighted by Gasteiger charge is -2.35. The van der Waals surface area contributed by atoms with Gasteiger partial charge in [-0.25, -0.2) is 0 Å². The van der Waals surface area contributed by atoms with Crippen molar-refractivity contribution in [1.29, 1.82) is 0 Å². The van der Waals surface area contributed by atoms with Crippen LogP contribution in [0, 0.1) is 0 Å². The maximum Gasteiger partial charge on any atom is 0.131 e. The van der Waals surface area contributed by atoms with E-state index in [1.807, 2.05) is 0 Å². The van der Waals surface area contributed by atoms with Crippen LogP contribution in [0.2, 0.25) is 0 Å². The van der Waals surface area contributed by atoms with Gasteiger partial charge < -0.3 is 29.2 Å². The molecule has 0 radical (unpaired) electrons. The summed E-state index contributed by atoms with van der Waals surface area (Å²) in [7, 11) is 0. The number of benzene rings is 10. The van der Waals surface area contributed by atoms with E-state index >= 15 is 0 Å². The van der Waals surface area contributed by atoms with Gasteiger partial charge in [-0.2, -0.15) is 0 Å². The van der Waals surface area contributed by atoms with E-state index in [2.05, 4.69) is 285 Å². The van der Waals surface area contributed by atoms with Crippen molar-refractivity contribution < 1.29 is 4.74 Å². The second-order valence-electron chi connectivity index (χ2n) is 18.4. The Hall–Kier alpha value is -9.00. The van der Waals surface area contributed by atoms with Crippen molar-refractivity contribution >= 4 is 73.9 Å². The molecule has 2 aliphatic heterocycles. The first kappa shape index (κ1) is 44.2. The normalized spacial score (nSPS) is 12.9. The fourth-order valence-corrected chi connectivity index (χ4v) is 10.6. The van der Waals surface area contributed by atoms with E-state index in [1.165, 1.54) is 22.5 Å². The van der Waals surface area contributed by atoms with Gasteiger partial charge in [-0.1, -0.05) is 133 Å². The Bertz CT molecular complexity index is 3350. The van der Waals surface area contributed by atoms with E-state index in [0.29, 0.717) is 0 Å². The van der Waals surface area contributed by atoms with Gasteiger partial charge in [0, 0.05) is 88.2 Å². The van der Waals surface area contributed by atoms with Crippen LogP contribution in [0.5, 0.6) is 11.5 Å². The van der Waals surface area contributed by atoms with Crippen LogP contribution in [0.1, 0.15) is 24.0 Å². The molecule has 6 heteroatoms. The van der Waals surface area contributed by atoms with Crippen LogP contribution in [0.4, 0.5) is 73.9 Å². The largest absolute Gasteiger partial charge is 0.457 e. The lowest BCUT2D eigenvalue weighted by atomic mass is 10.0. The van der Waals surface area contributed by atoms with E-state index < -0.39 is 0 Å². The van der Waals surface area contributed by atoms with Gasteiger partial charge in [0.25, 0.3) is 0 Å². The van der Waals surface area contributed by atoms with E-state index in [0.717, 1.165) is 113 Å². The molecule has 0 amide bonds. The fraction of sp³-hybridized carbons (Fsp3) is 0.0909. The van der Waals surface area contributed by atoms with Crippen molar-refractivity contribution in [2.75, 3.05) is 37.6 Å². The van der Waals surface area contributed by atoms with Crippen LogP contribution >= 0.6 is 0 Å². The zero-order chi connectivity index (χ0) is 48.1. The van der Waals surface area contributed by atoms with E-state index in [9.17, 15) is 0 Å². The summed E-state index contributed by atoms with van der Waals surface area (Å²) in [6, 6.07) is 93.2. The molecule has 0 N–H and O–H groups in total. The average Bonchev–Trinajstić information content (AvgIpc) is 3.44. The van der Waals surface area contributed by atoms with Gasteiger partial charge in [-0.15, -0.1) is 0 Å². The third-order valence-electron chi connectivity index (χ3n) is 13.8. The van der Waals surface area contributed by atoms with Crippen molar-refractivity contribution in [3.8, 4) is 11.5 Å². The second kappa shape index (κ2) is 20.2. The van der Waals surface area contributed by atoms with Crippen molar-refractivity contribution in [3.63, 3.8) is 0 Å². The summed E-state index contributed by atoms with van der Waals surface area (Å²) in [6.45, 7) is 1.83. The number of anilines is 13. The molecule has 0 aromatic heterocycles. The highest BCUT2D eigenvalue weighted by atomic mass is 16.5. The molecule has 2 aliphatic rings. The Balaban J connectivity index is 1.00. The van der Waals surface area contributed by atoms with Crippen LogP contribution in [0.25, 0.3) is 0 Å². The summed E-state index contributed by atoms with van der Waals surface area (Å²) in [5, 5.41) is 0. The Morgan fingerprint density at radius 2 is 0.625 bits per heavy atom. The molecule has 12 rings (SSSR count). The SMILES string of the molecule is c1ccc(N(c2ccccc2)c2cc(Oc3cccc(N(c4ccccc4)c4cc(N5CCCc6ccccc65)cc(N(c5ccccc5)c5ccccc5)c4)c3)cc(N3CCCc4ccccc43)c2)cc1. The molecule has 0 unspecified atom stereocenters. The lowest BCUT2D eigenvalue weighted by molar-refractivity contribution is 0.483. The molecule has 350 valence electrons. The molecule has 0 saturated heterocycles. The van der Waals surface area contributed by atoms with Crippen molar-refractivity contribution in [3.05, 3.63) is 272 Å². The predicted octanol–water partition coefficient (Wildman–Crippen LogP) is 18.1. The van der Waals surface area contributed by atoms with E-state index in [4.69, 9.17) is 4.74 Å². The number of hydrogen-bond acceptors (Lipinski definition) is 6. The third-order valence-corrected chi connectivity index (χ3v) is 13.8. The van der Waals surface area contributed by atoms with Gasteiger partial charge in [0.05, 0.1) is 17.1 Å². The highest BCUT2D eigenvalue weighted by molar-refractivity contribution is 5.88. The Morgan fingerprint density at radius 3 is 1.07 bits per heavy atom. The first-order chi connectivity index (χ1) is 35.7. The van der Waals surface area contributed by atoms with Gasteiger partial charge in [-0.05, 0) is 146 Å². The average molecular weight is 934 g/mol. The zero-order valence-electron chi connectivity index (χ0n) is 40.2. The van der Waals surface area contributed by atoms with Crippen LogP contribution < -0.4 is 29.2 Å². The number of rotatable bonds is 13.